The van der Waals surface area contributed by atoms with Gasteiger partial charge in [-0.1, -0.05) is 0 Å². The minimum Gasteiger partial charge on any atom is -0.480 e. The molecular formula is C11H11N3O4. The molecule has 1 aromatic heterocycles. The molecule has 0 saturated heterocycles. The first-order valence-electron chi connectivity index (χ1n) is 4.99. The summed E-state index contributed by atoms with van der Waals surface area (Å²) >= 11 is 0. The summed E-state index contributed by atoms with van der Waals surface area (Å²) < 4.78 is 5.00. The Hall–Kier alpha value is -2.75. The molecule has 7 nitrogen and oxygen atoms in total. The maximum absolute atomic E-state index is 11.5. The van der Waals surface area contributed by atoms with Crippen LogP contribution in [0.25, 0.3) is 0 Å². The topological polar surface area (TPSA) is 115 Å². The number of hydrogen-bond acceptors (Lipinski definition) is 5. The zero-order valence-electron chi connectivity index (χ0n) is 9.34. The van der Waals surface area contributed by atoms with Crippen molar-refractivity contribution in [2.45, 2.75) is 6.54 Å². The lowest BCUT2D eigenvalue weighted by Gasteiger charge is -2.02. The molecule has 0 aliphatic carbocycles. The summed E-state index contributed by atoms with van der Waals surface area (Å²) in [6.07, 6.45) is 2.53. The first kappa shape index (κ1) is 13.3. The van der Waals surface area contributed by atoms with Crippen LogP contribution in [0.3, 0.4) is 0 Å². The van der Waals surface area contributed by atoms with Gasteiger partial charge in [0.25, 0.3) is 5.91 Å². The van der Waals surface area contributed by atoms with Crippen molar-refractivity contribution >= 4 is 11.9 Å². The fourth-order valence-electron chi connectivity index (χ4n) is 1.06. The van der Waals surface area contributed by atoms with E-state index in [-0.39, 0.29) is 18.7 Å². The monoisotopic (exact) mass is 249 g/mol. The highest BCUT2D eigenvalue weighted by atomic mass is 16.4. The molecule has 7 heteroatoms. The van der Waals surface area contributed by atoms with Gasteiger partial charge in [-0.25, -0.2) is 0 Å². The fourth-order valence-corrected chi connectivity index (χ4v) is 1.06. The maximum atomic E-state index is 11.5. The SMILES string of the molecule is N#C/C(=C/NCC(=O)O)C(=O)NCc1ccco1. The Morgan fingerprint density at radius 3 is 2.89 bits per heavy atom. The molecule has 3 N–H and O–H groups in total. The van der Waals surface area contributed by atoms with E-state index >= 15 is 0 Å². The van der Waals surface area contributed by atoms with Crippen molar-refractivity contribution in [1.82, 2.24) is 10.6 Å². The number of nitrogens with zero attached hydrogens (tertiary/aromatic N) is 1. The van der Waals surface area contributed by atoms with E-state index in [0.29, 0.717) is 5.76 Å². The van der Waals surface area contributed by atoms with Gasteiger partial charge < -0.3 is 20.2 Å². The predicted molar refractivity (Wildman–Crippen MR) is 59.9 cm³/mol. The molecule has 94 valence electrons. The van der Waals surface area contributed by atoms with Crippen LogP contribution in [0.5, 0.6) is 0 Å². The largest absolute Gasteiger partial charge is 0.480 e. The molecule has 0 aliphatic rings. The van der Waals surface area contributed by atoms with E-state index in [1.54, 1.807) is 18.2 Å². The fraction of sp³-hybridized carbons (Fsp3) is 0.182. The second-order valence-corrected chi connectivity index (χ2v) is 3.21. The Balaban J connectivity index is 2.47. The molecular weight excluding hydrogens is 238 g/mol. The average Bonchev–Trinajstić information content (AvgIpc) is 2.84. The van der Waals surface area contributed by atoms with Gasteiger partial charge in [0.2, 0.25) is 0 Å². The minimum absolute atomic E-state index is 0.157. The van der Waals surface area contributed by atoms with Gasteiger partial charge in [-0.2, -0.15) is 5.26 Å². The van der Waals surface area contributed by atoms with E-state index in [4.69, 9.17) is 14.8 Å². The number of rotatable bonds is 6. The number of carboxylic acids is 1. The molecule has 0 atom stereocenters. The Kier molecular flexibility index (Phi) is 4.99. The van der Waals surface area contributed by atoms with Gasteiger partial charge in [-0.3, -0.25) is 9.59 Å². The Morgan fingerprint density at radius 2 is 2.33 bits per heavy atom. The zero-order valence-corrected chi connectivity index (χ0v) is 9.34. The Bertz CT molecular complexity index is 485. The first-order valence-corrected chi connectivity index (χ1v) is 4.99. The molecule has 1 heterocycles. The van der Waals surface area contributed by atoms with E-state index in [0.717, 1.165) is 6.20 Å². The standard InChI is InChI=1S/C11H11N3O4/c12-4-8(5-13-7-10(15)16)11(17)14-6-9-2-1-3-18-9/h1-3,5,13H,6-7H2,(H,14,17)(H,15,16)/b8-5-. The van der Waals surface area contributed by atoms with Gasteiger partial charge >= 0.3 is 5.97 Å². The molecule has 0 fully saturated rings. The normalized spacial score (nSPS) is 10.5. The van der Waals surface area contributed by atoms with Crippen molar-refractivity contribution in [3.63, 3.8) is 0 Å². The quantitative estimate of drug-likeness (QED) is 0.482. The number of carboxylic acid groups (broad SMARTS) is 1. The summed E-state index contributed by atoms with van der Waals surface area (Å²) in [6.45, 7) is -0.208. The number of carbonyl (C=O) groups is 2. The number of nitrogens with one attached hydrogen (secondary N) is 2. The smallest absolute Gasteiger partial charge is 0.322 e. The third kappa shape index (κ3) is 4.40. The summed E-state index contributed by atoms with van der Waals surface area (Å²) in [4.78, 5) is 21.7. The summed E-state index contributed by atoms with van der Waals surface area (Å²) in [5.74, 6) is -1.13. The van der Waals surface area contributed by atoms with Crippen LogP contribution in [0.2, 0.25) is 0 Å². The lowest BCUT2D eigenvalue weighted by Crippen LogP contribution is -2.26. The third-order valence-corrected chi connectivity index (χ3v) is 1.87. The highest BCUT2D eigenvalue weighted by Gasteiger charge is 2.09. The third-order valence-electron chi connectivity index (χ3n) is 1.87. The lowest BCUT2D eigenvalue weighted by atomic mass is 10.3. The minimum atomic E-state index is -1.08. The number of nitriles is 1. The second kappa shape index (κ2) is 6.75. The number of furan rings is 1. The molecule has 1 aromatic rings. The van der Waals surface area contributed by atoms with Gasteiger partial charge in [0, 0.05) is 6.20 Å². The summed E-state index contributed by atoms with van der Waals surface area (Å²) in [5, 5.41) is 21.9. The summed E-state index contributed by atoms with van der Waals surface area (Å²) in [7, 11) is 0. The number of hydrogen-bond donors (Lipinski definition) is 3. The van der Waals surface area contributed by atoms with Crippen molar-refractivity contribution in [1.29, 1.82) is 5.26 Å². The Morgan fingerprint density at radius 1 is 1.56 bits per heavy atom. The molecule has 18 heavy (non-hydrogen) atoms. The second-order valence-electron chi connectivity index (χ2n) is 3.21. The van der Waals surface area contributed by atoms with E-state index in [2.05, 4.69) is 10.6 Å². The van der Waals surface area contributed by atoms with Crippen LogP contribution in [0.1, 0.15) is 5.76 Å². The molecule has 0 radical (unpaired) electrons. The van der Waals surface area contributed by atoms with Crippen molar-refractivity contribution in [3.8, 4) is 6.07 Å². The van der Waals surface area contributed by atoms with Crippen LogP contribution in [0.15, 0.2) is 34.6 Å². The van der Waals surface area contributed by atoms with E-state index in [1.165, 1.54) is 6.26 Å². The highest BCUT2D eigenvalue weighted by Crippen LogP contribution is 1.99. The van der Waals surface area contributed by atoms with Crippen molar-refractivity contribution < 1.29 is 19.1 Å². The van der Waals surface area contributed by atoms with E-state index in [1.807, 2.05) is 0 Å². The van der Waals surface area contributed by atoms with Crippen LogP contribution in [0.4, 0.5) is 0 Å². The number of amides is 1. The molecule has 0 aromatic carbocycles. The van der Waals surface area contributed by atoms with Crippen LogP contribution < -0.4 is 10.6 Å². The Labute approximate surface area is 103 Å². The summed E-state index contributed by atoms with van der Waals surface area (Å²) in [5.41, 5.74) is -0.206. The molecule has 0 unspecified atom stereocenters. The highest BCUT2D eigenvalue weighted by molar-refractivity contribution is 5.97. The first-order chi connectivity index (χ1) is 8.63. The maximum Gasteiger partial charge on any atom is 0.322 e. The molecule has 1 rings (SSSR count). The van der Waals surface area contributed by atoms with Crippen molar-refractivity contribution in [3.05, 3.63) is 35.9 Å². The molecule has 0 aliphatic heterocycles. The van der Waals surface area contributed by atoms with Gasteiger partial charge in [-0.15, -0.1) is 0 Å². The number of aliphatic carboxylic acids is 1. The molecule has 0 saturated carbocycles. The molecule has 0 spiro atoms. The number of carbonyl (C=O) groups excluding carboxylic acids is 1. The van der Waals surface area contributed by atoms with E-state index < -0.39 is 11.9 Å². The molecule has 0 bridgehead atoms. The van der Waals surface area contributed by atoms with Gasteiger partial charge in [0.15, 0.2) is 0 Å². The van der Waals surface area contributed by atoms with Crippen LogP contribution in [-0.2, 0) is 16.1 Å². The van der Waals surface area contributed by atoms with Crippen LogP contribution in [-0.4, -0.2) is 23.5 Å². The lowest BCUT2D eigenvalue weighted by molar-refractivity contribution is -0.135. The summed E-state index contributed by atoms with van der Waals surface area (Å²) in [6, 6.07) is 5.03. The van der Waals surface area contributed by atoms with E-state index in [9.17, 15) is 9.59 Å². The van der Waals surface area contributed by atoms with Gasteiger partial charge in [-0.05, 0) is 12.1 Å². The van der Waals surface area contributed by atoms with Crippen LogP contribution in [0, 0.1) is 11.3 Å². The zero-order chi connectivity index (χ0) is 13.4. The van der Waals surface area contributed by atoms with Gasteiger partial charge in [0.1, 0.15) is 23.9 Å². The predicted octanol–water partition coefficient (Wildman–Crippen LogP) is -0.0225. The van der Waals surface area contributed by atoms with Crippen molar-refractivity contribution in [2.24, 2.45) is 0 Å². The van der Waals surface area contributed by atoms with Crippen molar-refractivity contribution in [2.75, 3.05) is 6.54 Å². The molecule has 1 amide bonds. The average molecular weight is 249 g/mol. The van der Waals surface area contributed by atoms with Crippen LogP contribution >= 0.6 is 0 Å². The van der Waals surface area contributed by atoms with Gasteiger partial charge in [0.05, 0.1) is 12.8 Å².